The fourth-order valence-electron chi connectivity index (χ4n) is 6.00. The number of aliphatic imine (C=N–C) groups is 1. The van der Waals surface area contributed by atoms with Crippen molar-refractivity contribution in [2.45, 2.75) is 45.2 Å². The van der Waals surface area contributed by atoms with Gasteiger partial charge in [-0.25, -0.2) is 4.99 Å². The number of piperidine rings is 1. The zero-order valence-corrected chi connectivity index (χ0v) is 24.8. The van der Waals surface area contributed by atoms with Gasteiger partial charge in [-0.15, -0.1) is 0 Å². The summed E-state index contributed by atoms with van der Waals surface area (Å²) in [6, 6.07) is 25.5. The molecule has 0 spiro atoms. The molecule has 2 N–H and O–H groups in total. The van der Waals surface area contributed by atoms with Crippen LogP contribution in [0.5, 0.6) is 5.88 Å². The summed E-state index contributed by atoms with van der Waals surface area (Å²) >= 11 is 0. The standard InChI is InChI=1S/C36H38N4O3/c1-3-31(26-10-6-4-7-11-26)38-35(41)27-14-17-32-30(22-27)33(36(42)39(32)2)34(28-18-21-43-24-28)37-29-15-12-25(13-16-29)23-40-19-8-5-9-20-40/h4,6-7,10-18,21-22,24,31,42H,3,5,8-9,19-20,23H2,1-2H3,(H,38,41)/t31-/m1/s1. The van der Waals surface area contributed by atoms with Crippen molar-refractivity contribution in [3.05, 3.63) is 119 Å². The highest BCUT2D eigenvalue weighted by molar-refractivity contribution is 6.22. The number of aryl methyl sites for hydroxylation is 1. The van der Waals surface area contributed by atoms with Crippen LogP contribution in [0.1, 0.15) is 71.3 Å². The van der Waals surface area contributed by atoms with Gasteiger partial charge in [-0.2, -0.15) is 0 Å². The lowest BCUT2D eigenvalue weighted by Crippen LogP contribution is -2.28. The van der Waals surface area contributed by atoms with E-state index in [0.29, 0.717) is 16.8 Å². The predicted octanol–water partition coefficient (Wildman–Crippen LogP) is 7.51. The van der Waals surface area contributed by atoms with Gasteiger partial charge in [-0.05, 0) is 79.9 Å². The molecule has 0 bridgehead atoms. The van der Waals surface area contributed by atoms with Crippen LogP contribution < -0.4 is 5.32 Å². The SMILES string of the molecule is CC[C@@H](NC(=O)c1ccc2c(c1)c(C(=Nc1ccc(CN3CCCCC3)cc1)c1ccoc1)c(O)n2C)c1ccccc1. The number of aromatic hydroxyl groups is 1. The molecule has 1 saturated heterocycles. The van der Waals surface area contributed by atoms with Crippen molar-refractivity contribution in [3.8, 4) is 5.88 Å². The minimum Gasteiger partial charge on any atom is -0.494 e. The van der Waals surface area contributed by atoms with E-state index in [4.69, 9.17) is 9.41 Å². The fraction of sp³-hybridized carbons (Fsp3) is 0.278. The van der Waals surface area contributed by atoms with Crippen molar-refractivity contribution >= 4 is 28.2 Å². The van der Waals surface area contributed by atoms with Crippen LogP contribution in [-0.2, 0) is 13.6 Å². The zero-order valence-electron chi connectivity index (χ0n) is 24.8. The van der Waals surface area contributed by atoms with Crippen LogP contribution >= 0.6 is 0 Å². The van der Waals surface area contributed by atoms with Crippen LogP contribution in [0.25, 0.3) is 10.9 Å². The number of hydrogen-bond acceptors (Lipinski definition) is 5. The molecule has 6 rings (SSSR count). The van der Waals surface area contributed by atoms with Crippen molar-refractivity contribution in [2.75, 3.05) is 13.1 Å². The Hall–Kier alpha value is -4.62. The Balaban J connectivity index is 1.35. The minimum atomic E-state index is -0.169. The van der Waals surface area contributed by atoms with Crippen LogP contribution in [0.4, 0.5) is 5.69 Å². The Kier molecular flexibility index (Phi) is 8.43. The molecule has 2 aromatic heterocycles. The van der Waals surface area contributed by atoms with Gasteiger partial charge in [0.1, 0.15) is 0 Å². The smallest absolute Gasteiger partial charge is 0.251 e. The van der Waals surface area contributed by atoms with Crippen molar-refractivity contribution in [1.82, 2.24) is 14.8 Å². The number of nitrogens with zero attached hydrogens (tertiary/aromatic N) is 3. The first-order valence-electron chi connectivity index (χ1n) is 15.1. The first kappa shape index (κ1) is 28.5. The molecular formula is C36H38N4O3. The lowest BCUT2D eigenvalue weighted by atomic mass is 10.0. The van der Waals surface area contributed by atoms with Gasteiger partial charge in [-0.3, -0.25) is 9.69 Å². The Bertz CT molecular complexity index is 1710. The fourth-order valence-corrected chi connectivity index (χ4v) is 6.00. The Morgan fingerprint density at radius 3 is 2.44 bits per heavy atom. The Labute approximate surface area is 252 Å². The van der Waals surface area contributed by atoms with E-state index in [-0.39, 0.29) is 17.8 Å². The molecule has 1 fully saturated rings. The first-order valence-corrected chi connectivity index (χ1v) is 15.1. The third-order valence-electron chi connectivity index (χ3n) is 8.41. The molecule has 0 saturated carbocycles. The number of furan rings is 1. The summed E-state index contributed by atoms with van der Waals surface area (Å²) in [6.45, 7) is 5.30. The van der Waals surface area contributed by atoms with Crippen LogP contribution in [-0.4, -0.2) is 39.3 Å². The van der Waals surface area contributed by atoms with Crippen LogP contribution in [0.3, 0.4) is 0 Å². The molecule has 1 atom stereocenters. The number of carbonyl (C=O) groups is 1. The molecule has 0 unspecified atom stereocenters. The number of benzene rings is 3. The molecule has 0 radical (unpaired) electrons. The van der Waals surface area contributed by atoms with E-state index in [2.05, 4.69) is 29.3 Å². The highest BCUT2D eigenvalue weighted by Crippen LogP contribution is 2.35. The van der Waals surface area contributed by atoms with E-state index in [1.165, 1.54) is 24.8 Å². The predicted molar refractivity (Wildman–Crippen MR) is 171 cm³/mol. The lowest BCUT2D eigenvalue weighted by Gasteiger charge is -2.26. The molecule has 1 aliphatic rings. The molecular weight excluding hydrogens is 536 g/mol. The van der Waals surface area contributed by atoms with Crippen molar-refractivity contribution in [1.29, 1.82) is 0 Å². The van der Waals surface area contributed by atoms with Gasteiger partial charge in [0.2, 0.25) is 5.88 Å². The summed E-state index contributed by atoms with van der Waals surface area (Å²) < 4.78 is 7.16. The summed E-state index contributed by atoms with van der Waals surface area (Å²) in [4.78, 5) is 21.0. The summed E-state index contributed by atoms with van der Waals surface area (Å²) in [7, 11) is 1.81. The summed E-state index contributed by atoms with van der Waals surface area (Å²) in [5.74, 6) is -0.0945. The maximum atomic E-state index is 13.5. The Morgan fingerprint density at radius 1 is 0.977 bits per heavy atom. The highest BCUT2D eigenvalue weighted by atomic mass is 16.3. The average Bonchev–Trinajstić information content (AvgIpc) is 3.67. The summed E-state index contributed by atoms with van der Waals surface area (Å²) in [5, 5.41) is 15.3. The number of hydrogen-bond donors (Lipinski definition) is 2. The molecule has 5 aromatic rings. The number of aromatic nitrogens is 1. The van der Waals surface area contributed by atoms with Crippen LogP contribution in [0.15, 0.2) is 101 Å². The maximum absolute atomic E-state index is 13.5. The average molecular weight is 575 g/mol. The quantitative estimate of drug-likeness (QED) is 0.179. The number of amides is 1. The second-order valence-corrected chi connectivity index (χ2v) is 11.3. The monoisotopic (exact) mass is 574 g/mol. The van der Waals surface area contributed by atoms with Gasteiger partial charge in [0.15, 0.2) is 0 Å². The summed E-state index contributed by atoms with van der Waals surface area (Å²) in [6.07, 6.45) is 7.85. The second-order valence-electron chi connectivity index (χ2n) is 11.3. The van der Waals surface area contributed by atoms with Crippen LogP contribution in [0.2, 0.25) is 0 Å². The second kappa shape index (κ2) is 12.7. The largest absolute Gasteiger partial charge is 0.494 e. The molecule has 0 aliphatic carbocycles. The third-order valence-corrected chi connectivity index (χ3v) is 8.41. The van der Waals surface area contributed by atoms with Gasteiger partial charge in [-0.1, -0.05) is 55.8 Å². The number of rotatable bonds is 9. The third kappa shape index (κ3) is 6.13. The number of likely N-dealkylation sites (tertiary alicyclic amines) is 1. The first-order chi connectivity index (χ1) is 21.0. The molecule has 7 heteroatoms. The van der Waals surface area contributed by atoms with Gasteiger partial charge >= 0.3 is 0 Å². The van der Waals surface area contributed by atoms with Gasteiger partial charge in [0, 0.05) is 30.1 Å². The van der Waals surface area contributed by atoms with Gasteiger partial charge in [0.05, 0.1) is 41.0 Å². The van der Waals surface area contributed by atoms with E-state index in [1.54, 1.807) is 23.2 Å². The van der Waals surface area contributed by atoms with E-state index in [9.17, 15) is 9.90 Å². The van der Waals surface area contributed by atoms with E-state index >= 15 is 0 Å². The molecule has 3 aromatic carbocycles. The van der Waals surface area contributed by atoms with Gasteiger partial charge in [0.25, 0.3) is 5.91 Å². The lowest BCUT2D eigenvalue weighted by molar-refractivity contribution is 0.0935. The molecule has 43 heavy (non-hydrogen) atoms. The molecule has 7 nitrogen and oxygen atoms in total. The van der Waals surface area contributed by atoms with Crippen LogP contribution in [0, 0.1) is 0 Å². The summed E-state index contributed by atoms with van der Waals surface area (Å²) in [5.41, 5.74) is 6.29. The topological polar surface area (TPSA) is 83.0 Å². The van der Waals surface area contributed by atoms with Crippen molar-refractivity contribution < 1.29 is 14.3 Å². The normalized spacial score (nSPS) is 15.1. The van der Waals surface area contributed by atoms with Crippen molar-refractivity contribution in [2.24, 2.45) is 12.0 Å². The highest BCUT2D eigenvalue weighted by Gasteiger charge is 2.24. The molecule has 1 amide bonds. The maximum Gasteiger partial charge on any atom is 0.251 e. The van der Waals surface area contributed by atoms with E-state index < -0.39 is 0 Å². The van der Waals surface area contributed by atoms with E-state index in [0.717, 1.165) is 53.8 Å². The van der Waals surface area contributed by atoms with Crippen molar-refractivity contribution in [3.63, 3.8) is 0 Å². The minimum absolute atomic E-state index is 0.0740. The molecule has 1 aliphatic heterocycles. The van der Waals surface area contributed by atoms with E-state index in [1.807, 2.05) is 67.7 Å². The number of fused-ring (bicyclic) bond motifs is 1. The molecule has 3 heterocycles. The number of carbonyl (C=O) groups excluding carboxylic acids is 1. The molecule has 220 valence electrons. The Morgan fingerprint density at radius 2 is 1.74 bits per heavy atom. The number of nitrogens with one attached hydrogen (secondary N) is 1. The zero-order chi connectivity index (χ0) is 29.8. The van der Waals surface area contributed by atoms with Gasteiger partial charge < -0.3 is 19.4 Å².